The molecule has 2 aromatic rings. The number of hydrogen-bond donors (Lipinski definition) is 1. The number of nitrogens with one attached hydrogen (secondary N) is 1. The van der Waals surface area contributed by atoms with Crippen molar-refractivity contribution in [2.75, 3.05) is 31.9 Å². The second-order valence-corrected chi connectivity index (χ2v) is 4.70. The third-order valence-corrected chi connectivity index (χ3v) is 3.26. The Kier molecular flexibility index (Phi) is 4.21. The van der Waals surface area contributed by atoms with Crippen molar-refractivity contribution in [3.8, 4) is 11.5 Å². The SMILES string of the molecule is C=CCCOCCNc1nccc2cc3c(cc12)OCO3. The number of anilines is 1. The first-order chi connectivity index (χ1) is 10.4. The monoisotopic (exact) mass is 286 g/mol. The summed E-state index contributed by atoms with van der Waals surface area (Å²) < 4.78 is 16.3. The lowest BCUT2D eigenvalue weighted by molar-refractivity contribution is 0.149. The molecule has 0 fully saturated rings. The summed E-state index contributed by atoms with van der Waals surface area (Å²) in [5.41, 5.74) is 0. The summed E-state index contributed by atoms with van der Waals surface area (Å²) in [5.74, 6) is 2.38. The van der Waals surface area contributed by atoms with Gasteiger partial charge in [0.15, 0.2) is 11.5 Å². The molecule has 2 heterocycles. The van der Waals surface area contributed by atoms with Crippen molar-refractivity contribution in [1.29, 1.82) is 0 Å². The molecule has 0 saturated carbocycles. The molecule has 1 aromatic heterocycles. The Morgan fingerprint density at radius 3 is 3.00 bits per heavy atom. The number of pyridine rings is 1. The van der Waals surface area contributed by atoms with Crippen molar-refractivity contribution in [2.45, 2.75) is 6.42 Å². The van der Waals surface area contributed by atoms with Crippen LogP contribution in [-0.2, 0) is 4.74 Å². The third kappa shape index (κ3) is 3.08. The van der Waals surface area contributed by atoms with E-state index >= 15 is 0 Å². The molecule has 5 nitrogen and oxygen atoms in total. The van der Waals surface area contributed by atoms with Crippen molar-refractivity contribution >= 4 is 16.6 Å². The molecule has 3 rings (SSSR count). The number of ether oxygens (including phenoxy) is 3. The Hall–Kier alpha value is -2.27. The van der Waals surface area contributed by atoms with Crippen molar-refractivity contribution < 1.29 is 14.2 Å². The smallest absolute Gasteiger partial charge is 0.231 e. The highest BCUT2D eigenvalue weighted by molar-refractivity contribution is 5.94. The Labute approximate surface area is 123 Å². The Bertz CT molecular complexity index is 643. The lowest BCUT2D eigenvalue weighted by Crippen LogP contribution is -2.11. The highest BCUT2D eigenvalue weighted by Gasteiger charge is 2.15. The van der Waals surface area contributed by atoms with E-state index in [2.05, 4.69) is 16.9 Å². The molecule has 1 aliphatic heterocycles. The fourth-order valence-electron chi connectivity index (χ4n) is 2.21. The number of benzene rings is 1. The molecular formula is C16H18N2O3. The van der Waals surface area contributed by atoms with Gasteiger partial charge in [0.25, 0.3) is 0 Å². The van der Waals surface area contributed by atoms with Crippen molar-refractivity contribution in [3.63, 3.8) is 0 Å². The van der Waals surface area contributed by atoms with E-state index < -0.39 is 0 Å². The second kappa shape index (κ2) is 6.45. The van der Waals surface area contributed by atoms with Gasteiger partial charge in [-0.3, -0.25) is 0 Å². The second-order valence-electron chi connectivity index (χ2n) is 4.70. The Balaban J connectivity index is 1.69. The molecule has 1 aliphatic rings. The Morgan fingerprint density at radius 2 is 2.14 bits per heavy atom. The first kappa shape index (κ1) is 13.7. The van der Waals surface area contributed by atoms with Crippen LogP contribution in [0.2, 0.25) is 0 Å². The van der Waals surface area contributed by atoms with Crippen LogP contribution in [0.3, 0.4) is 0 Å². The number of hydrogen-bond acceptors (Lipinski definition) is 5. The average molecular weight is 286 g/mol. The predicted molar refractivity (Wildman–Crippen MR) is 82.0 cm³/mol. The van der Waals surface area contributed by atoms with Crippen LogP contribution >= 0.6 is 0 Å². The normalized spacial score (nSPS) is 12.6. The van der Waals surface area contributed by atoms with Gasteiger partial charge in [-0.25, -0.2) is 4.98 Å². The zero-order chi connectivity index (χ0) is 14.5. The largest absolute Gasteiger partial charge is 0.454 e. The van der Waals surface area contributed by atoms with E-state index in [4.69, 9.17) is 14.2 Å². The van der Waals surface area contributed by atoms with E-state index in [1.165, 1.54) is 0 Å². The molecule has 5 heteroatoms. The van der Waals surface area contributed by atoms with E-state index in [0.29, 0.717) is 19.8 Å². The lowest BCUT2D eigenvalue weighted by atomic mass is 10.1. The Morgan fingerprint density at radius 1 is 1.29 bits per heavy atom. The van der Waals surface area contributed by atoms with Crippen molar-refractivity contribution in [3.05, 3.63) is 37.1 Å². The van der Waals surface area contributed by atoms with Gasteiger partial charge in [0.05, 0.1) is 13.2 Å². The maximum atomic E-state index is 5.48. The molecule has 1 N–H and O–H groups in total. The standard InChI is InChI=1S/C16H18N2O3/c1-2-3-7-19-8-6-18-16-13-10-15-14(20-11-21-15)9-12(13)4-5-17-16/h2,4-5,9-10H,1,3,6-8,11H2,(H,17,18). The average Bonchev–Trinajstić information content (AvgIpc) is 2.96. The van der Waals surface area contributed by atoms with Gasteiger partial charge in [-0.15, -0.1) is 6.58 Å². The van der Waals surface area contributed by atoms with E-state index in [1.54, 1.807) is 6.20 Å². The molecule has 0 amide bonds. The number of aromatic nitrogens is 1. The van der Waals surface area contributed by atoms with Crippen LogP contribution in [0.5, 0.6) is 11.5 Å². The molecular weight excluding hydrogens is 268 g/mol. The zero-order valence-corrected chi connectivity index (χ0v) is 11.8. The molecule has 0 spiro atoms. The molecule has 1 aromatic carbocycles. The van der Waals surface area contributed by atoms with Crippen LogP contribution in [0.25, 0.3) is 10.8 Å². The zero-order valence-electron chi connectivity index (χ0n) is 11.8. The van der Waals surface area contributed by atoms with Gasteiger partial charge in [-0.05, 0) is 30.0 Å². The summed E-state index contributed by atoms with van der Waals surface area (Å²) >= 11 is 0. The molecule has 0 saturated heterocycles. The van der Waals surface area contributed by atoms with E-state index in [9.17, 15) is 0 Å². The molecule has 110 valence electrons. The molecule has 0 atom stereocenters. The van der Waals surface area contributed by atoms with Gasteiger partial charge in [-0.2, -0.15) is 0 Å². The van der Waals surface area contributed by atoms with Crippen LogP contribution in [0.1, 0.15) is 6.42 Å². The van der Waals surface area contributed by atoms with E-state index in [1.807, 2.05) is 24.3 Å². The molecule has 21 heavy (non-hydrogen) atoms. The molecule has 0 unspecified atom stereocenters. The quantitative estimate of drug-likeness (QED) is 0.626. The minimum absolute atomic E-state index is 0.277. The van der Waals surface area contributed by atoms with E-state index in [0.717, 1.165) is 34.5 Å². The van der Waals surface area contributed by atoms with Gasteiger partial charge in [0.2, 0.25) is 6.79 Å². The minimum atomic E-state index is 0.277. The molecule has 0 radical (unpaired) electrons. The minimum Gasteiger partial charge on any atom is -0.454 e. The number of nitrogens with zero attached hydrogens (tertiary/aromatic N) is 1. The summed E-state index contributed by atoms with van der Waals surface area (Å²) in [6.45, 7) is 5.98. The van der Waals surface area contributed by atoms with Crippen LogP contribution in [0.4, 0.5) is 5.82 Å². The van der Waals surface area contributed by atoms with Gasteiger partial charge in [-0.1, -0.05) is 6.08 Å². The first-order valence-electron chi connectivity index (χ1n) is 6.99. The maximum absolute atomic E-state index is 5.48. The summed E-state index contributed by atoms with van der Waals surface area (Å²) in [4.78, 5) is 4.39. The van der Waals surface area contributed by atoms with Crippen LogP contribution in [0, 0.1) is 0 Å². The van der Waals surface area contributed by atoms with Gasteiger partial charge >= 0.3 is 0 Å². The van der Waals surface area contributed by atoms with Crippen LogP contribution < -0.4 is 14.8 Å². The lowest BCUT2D eigenvalue weighted by Gasteiger charge is -2.09. The van der Waals surface area contributed by atoms with Crippen LogP contribution in [-0.4, -0.2) is 31.5 Å². The van der Waals surface area contributed by atoms with Gasteiger partial charge in [0, 0.05) is 18.1 Å². The first-order valence-corrected chi connectivity index (χ1v) is 6.99. The van der Waals surface area contributed by atoms with Crippen molar-refractivity contribution in [2.24, 2.45) is 0 Å². The summed E-state index contributed by atoms with van der Waals surface area (Å²) in [5, 5.41) is 5.39. The topological polar surface area (TPSA) is 52.6 Å². The van der Waals surface area contributed by atoms with Crippen LogP contribution in [0.15, 0.2) is 37.1 Å². The summed E-state index contributed by atoms with van der Waals surface area (Å²) in [6, 6.07) is 5.90. The van der Waals surface area contributed by atoms with E-state index in [-0.39, 0.29) is 6.79 Å². The highest BCUT2D eigenvalue weighted by Crippen LogP contribution is 2.37. The maximum Gasteiger partial charge on any atom is 0.231 e. The number of fused-ring (bicyclic) bond motifs is 2. The number of rotatable bonds is 7. The highest BCUT2D eigenvalue weighted by atomic mass is 16.7. The summed E-state index contributed by atoms with van der Waals surface area (Å²) in [6.07, 6.45) is 4.50. The molecule has 0 bridgehead atoms. The van der Waals surface area contributed by atoms with Gasteiger partial charge < -0.3 is 19.5 Å². The fraction of sp³-hybridized carbons (Fsp3) is 0.312. The van der Waals surface area contributed by atoms with Crippen molar-refractivity contribution in [1.82, 2.24) is 4.98 Å². The third-order valence-electron chi connectivity index (χ3n) is 3.26. The molecule has 0 aliphatic carbocycles. The fourth-order valence-corrected chi connectivity index (χ4v) is 2.21. The summed E-state index contributed by atoms with van der Waals surface area (Å²) in [7, 11) is 0. The van der Waals surface area contributed by atoms with Gasteiger partial charge in [0.1, 0.15) is 5.82 Å². The predicted octanol–water partition coefficient (Wildman–Crippen LogP) is 2.97.